The topological polar surface area (TPSA) is 76.1 Å². The summed E-state index contributed by atoms with van der Waals surface area (Å²) in [5.74, 6) is 0.987. The van der Waals surface area contributed by atoms with Crippen molar-refractivity contribution in [3.63, 3.8) is 0 Å². The Kier molecular flexibility index (Phi) is 4.75. The van der Waals surface area contributed by atoms with Crippen molar-refractivity contribution in [1.82, 2.24) is 4.31 Å². The van der Waals surface area contributed by atoms with Crippen molar-refractivity contribution in [2.24, 2.45) is 5.92 Å². The molecular weight excluding hydrogens is 294 g/mol. The number of hydrogen-bond donors (Lipinski definition) is 1. The highest BCUT2D eigenvalue weighted by atomic mass is 32.2. The van der Waals surface area contributed by atoms with E-state index in [2.05, 4.69) is 0 Å². The molecule has 1 saturated heterocycles. The van der Waals surface area contributed by atoms with E-state index in [1.54, 1.807) is 6.07 Å². The van der Waals surface area contributed by atoms with Crippen LogP contribution in [0, 0.1) is 5.92 Å². The monoisotopic (exact) mass is 315 g/mol. The Balaban J connectivity index is 2.40. The van der Waals surface area contributed by atoms with Crippen molar-refractivity contribution < 1.29 is 23.0 Å². The summed E-state index contributed by atoms with van der Waals surface area (Å²) < 4.78 is 37.1. The molecular formula is C14H21NO5S. The van der Waals surface area contributed by atoms with E-state index in [-0.39, 0.29) is 23.5 Å². The van der Waals surface area contributed by atoms with Crippen LogP contribution in [0.1, 0.15) is 13.3 Å². The van der Waals surface area contributed by atoms with Gasteiger partial charge in [0.05, 0.1) is 31.8 Å². The highest BCUT2D eigenvalue weighted by molar-refractivity contribution is 7.89. The highest BCUT2D eigenvalue weighted by Crippen LogP contribution is 2.34. The number of hydrogen-bond acceptors (Lipinski definition) is 5. The summed E-state index contributed by atoms with van der Waals surface area (Å²) in [5.41, 5.74) is 0. The van der Waals surface area contributed by atoms with Crippen LogP contribution in [-0.2, 0) is 10.0 Å². The fraction of sp³-hybridized carbons (Fsp3) is 0.571. The molecule has 0 radical (unpaired) electrons. The standard InChI is InChI=1S/C14H21NO5S/c1-10-6-7-15(12(10)9-16)21(17,18)11-4-5-13(19-2)14(8-11)20-3/h4-5,8,10,12,16H,6-7,9H2,1-3H3. The van der Waals surface area contributed by atoms with Crippen LogP contribution in [0.4, 0.5) is 0 Å². The summed E-state index contributed by atoms with van der Waals surface area (Å²) in [7, 11) is -0.696. The first-order valence-corrected chi connectivity index (χ1v) is 8.24. The quantitative estimate of drug-likeness (QED) is 0.880. The predicted octanol–water partition coefficient (Wildman–Crippen LogP) is 1.10. The minimum Gasteiger partial charge on any atom is -0.493 e. The number of nitrogens with zero attached hydrogens (tertiary/aromatic N) is 1. The lowest BCUT2D eigenvalue weighted by molar-refractivity contribution is 0.191. The normalized spacial score (nSPS) is 23.2. The van der Waals surface area contributed by atoms with Crippen molar-refractivity contribution >= 4 is 10.0 Å². The average molecular weight is 315 g/mol. The zero-order valence-electron chi connectivity index (χ0n) is 12.4. The van der Waals surface area contributed by atoms with Crippen LogP contribution in [0.3, 0.4) is 0 Å². The maximum Gasteiger partial charge on any atom is 0.243 e. The van der Waals surface area contributed by atoms with Gasteiger partial charge in [0.1, 0.15) is 0 Å². The van der Waals surface area contributed by atoms with Gasteiger partial charge in [-0.15, -0.1) is 0 Å². The Hall–Kier alpha value is -1.31. The first kappa shape index (κ1) is 16.1. The number of aliphatic hydroxyl groups excluding tert-OH is 1. The van der Waals surface area contributed by atoms with E-state index < -0.39 is 10.0 Å². The van der Waals surface area contributed by atoms with Crippen LogP contribution in [0.25, 0.3) is 0 Å². The minimum atomic E-state index is -3.65. The first-order valence-electron chi connectivity index (χ1n) is 6.80. The number of sulfonamides is 1. The van der Waals surface area contributed by atoms with E-state index in [4.69, 9.17) is 9.47 Å². The van der Waals surface area contributed by atoms with Crippen molar-refractivity contribution in [3.05, 3.63) is 18.2 Å². The lowest BCUT2D eigenvalue weighted by atomic mass is 10.0. The molecule has 1 N–H and O–H groups in total. The third kappa shape index (κ3) is 2.86. The Bertz CT molecular complexity index is 601. The van der Waals surface area contributed by atoms with Gasteiger partial charge in [-0.1, -0.05) is 6.92 Å². The Morgan fingerprint density at radius 1 is 1.29 bits per heavy atom. The van der Waals surface area contributed by atoms with E-state index in [1.165, 1.54) is 30.7 Å². The molecule has 1 aliphatic heterocycles. The van der Waals surface area contributed by atoms with Gasteiger partial charge in [0, 0.05) is 12.6 Å². The smallest absolute Gasteiger partial charge is 0.243 e. The molecule has 0 aromatic heterocycles. The molecule has 0 saturated carbocycles. The Morgan fingerprint density at radius 2 is 1.95 bits per heavy atom. The predicted molar refractivity (Wildman–Crippen MR) is 78.1 cm³/mol. The van der Waals surface area contributed by atoms with Crippen molar-refractivity contribution in [2.45, 2.75) is 24.3 Å². The van der Waals surface area contributed by atoms with Crippen LogP contribution in [-0.4, -0.2) is 51.2 Å². The molecule has 2 atom stereocenters. The molecule has 1 aromatic carbocycles. The van der Waals surface area contributed by atoms with Crippen LogP contribution in [0.5, 0.6) is 11.5 Å². The molecule has 118 valence electrons. The summed E-state index contributed by atoms with van der Waals surface area (Å²) in [5, 5.41) is 9.45. The zero-order valence-corrected chi connectivity index (χ0v) is 13.3. The van der Waals surface area contributed by atoms with Crippen molar-refractivity contribution in [2.75, 3.05) is 27.4 Å². The SMILES string of the molecule is COc1ccc(S(=O)(=O)N2CCC(C)C2CO)cc1OC. The lowest BCUT2D eigenvalue weighted by Crippen LogP contribution is -2.39. The molecule has 2 unspecified atom stereocenters. The number of methoxy groups -OCH3 is 2. The first-order chi connectivity index (χ1) is 9.95. The van der Waals surface area contributed by atoms with Gasteiger partial charge in [0.2, 0.25) is 10.0 Å². The summed E-state index contributed by atoms with van der Waals surface area (Å²) in [4.78, 5) is 0.146. The van der Waals surface area contributed by atoms with Gasteiger partial charge in [-0.25, -0.2) is 8.42 Å². The molecule has 0 amide bonds. The van der Waals surface area contributed by atoms with Crippen LogP contribution >= 0.6 is 0 Å². The van der Waals surface area contributed by atoms with Gasteiger partial charge in [-0.05, 0) is 24.5 Å². The molecule has 0 aliphatic carbocycles. The number of aliphatic hydroxyl groups is 1. The second-order valence-electron chi connectivity index (χ2n) is 5.15. The van der Waals surface area contributed by atoms with Gasteiger partial charge in [-0.3, -0.25) is 0 Å². The maximum atomic E-state index is 12.7. The molecule has 2 rings (SSSR count). The molecule has 1 heterocycles. The Morgan fingerprint density at radius 3 is 2.52 bits per heavy atom. The summed E-state index contributed by atoms with van der Waals surface area (Å²) in [6.07, 6.45) is 0.748. The van der Waals surface area contributed by atoms with Crippen LogP contribution in [0.15, 0.2) is 23.1 Å². The van der Waals surface area contributed by atoms with Crippen molar-refractivity contribution in [3.8, 4) is 11.5 Å². The van der Waals surface area contributed by atoms with Gasteiger partial charge in [0.25, 0.3) is 0 Å². The molecule has 21 heavy (non-hydrogen) atoms. The van der Waals surface area contributed by atoms with Gasteiger partial charge in [0.15, 0.2) is 11.5 Å². The number of rotatable bonds is 5. The van der Waals surface area contributed by atoms with E-state index in [9.17, 15) is 13.5 Å². The van der Waals surface area contributed by atoms with Gasteiger partial charge in [-0.2, -0.15) is 4.31 Å². The van der Waals surface area contributed by atoms with Crippen LogP contribution in [0.2, 0.25) is 0 Å². The lowest BCUT2D eigenvalue weighted by Gasteiger charge is -2.24. The second kappa shape index (κ2) is 6.21. The molecule has 1 fully saturated rings. The summed E-state index contributed by atoms with van der Waals surface area (Å²) in [6, 6.07) is 4.14. The number of ether oxygens (including phenoxy) is 2. The molecule has 0 spiro atoms. The fourth-order valence-corrected chi connectivity index (χ4v) is 4.40. The average Bonchev–Trinajstić information content (AvgIpc) is 2.87. The van der Waals surface area contributed by atoms with Gasteiger partial charge < -0.3 is 14.6 Å². The zero-order chi connectivity index (χ0) is 15.6. The largest absolute Gasteiger partial charge is 0.493 e. The van der Waals surface area contributed by atoms with E-state index in [0.717, 1.165) is 6.42 Å². The van der Waals surface area contributed by atoms with E-state index in [1.807, 2.05) is 6.92 Å². The van der Waals surface area contributed by atoms with Crippen molar-refractivity contribution in [1.29, 1.82) is 0 Å². The highest BCUT2D eigenvalue weighted by Gasteiger charge is 2.39. The van der Waals surface area contributed by atoms with Crippen LogP contribution < -0.4 is 9.47 Å². The minimum absolute atomic E-state index is 0.143. The molecule has 1 aliphatic rings. The fourth-order valence-electron chi connectivity index (χ4n) is 2.65. The Labute approximate surface area is 125 Å². The molecule has 7 heteroatoms. The van der Waals surface area contributed by atoms with E-state index >= 15 is 0 Å². The molecule has 1 aromatic rings. The number of benzene rings is 1. The summed E-state index contributed by atoms with van der Waals surface area (Å²) in [6.45, 7) is 2.20. The maximum absolute atomic E-state index is 12.7. The van der Waals surface area contributed by atoms with E-state index in [0.29, 0.717) is 18.0 Å². The second-order valence-corrected chi connectivity index (χ2v) is 7.04. The summed E-state index contributed by atoms with van der Waals surface area (Å²) >= 11 is 0. The molecule has 6 nitrogen and oxygen atoms in total. The molecule has 0 bridgehead atoms. The van der Waals surface area contributed by atoms with Gasteiger partial charge >= 0.3 is 0 Å². The third-order valence-electron chi connectivity index (χ3n) is 3.98. The third-order valence-corrected chi connectivity index (χ3v) is 5.90.